The van der Waals surface area contributed by atoms with E-state index in [1.807, 2.05) is 12.1 Å². The molecule has 0 aliphatic carbocycles. The summed E-state index contributed by atoms with van der Waals surface area (Å²) >= 11 is 3.41. The van der Waals surface area contributed by atoms with Crippen LogP contribution in [0, 0.1) is 5.41 Å². The van der Waals surface area contributed by atoms with E-state index < -0.39 is 5.41 Å². The van der Waals surface area contributed by atoms with Crippen molar-refractivity contribution in [1.82, 2.24) is 5.32 Å². The van der Waals surface area contributed by atoms with Gasteiger partial charge in [-0.15, -0.1) is 0 Å². The van der Waals surface area contributed by atoms with E-state index in [0.717, 1.165) is 17.4 Å². The summed E-state index contributed by atoms with van der Waals surface area (Å²) < 4.78 is 11.0. The van der Waals surface area contributed by atoms with Gasteiger partial charge >= 0.3 is 5.97 Å². The highest BCUT2D eigenvalue weighted by Crippen LogP contribution is 2.28. The number of carbonyl (C=O) groups excluding carboxylic acids is 1. The molecule has 4 nitrogen and oxygen atoms in total. The molecule has 0 atom stereocenters. The Morgan fingerprint density at radius 2 is 2.11 bits per heavy atom. The average molecular weight is 328 g/mol. The number of methoxy groups -OCH3 is 1. The molecular formula is C14H18BrNO3. The molecule has 0 amide bonds. The molecule has 1 aliphatic heterocycles. The summed E-state index contributed by atoms with van der Waals surface area (Å²) in [5.41, 5.74) is 0.793. The maximum Gasteiger partial charge on any atom is 0.317 e. The molecule has 0 aromatic heterocycles. The quantitative estimate of drug-likeness (QED) is 0.639. The van der Waals surface area contributed by atoms with Gasteiger partial charge in [0.25, 0.3) is 0 Å². The summed E-state index contributed by atoms with van der Waals surface area (Å²) in [4.78, 5) is 11.7. The first-order valence-electron chi connectivity index (χ1n) is 6.28. The number of carbonyl (C=O) groups is 1. The molecule has 0 spiro atoms. The fraction of sp³-hybridized carbons (Fsp3) is 0.500. The lowest BCUT2D eigenvalue weighted by Gasteiger charge is -2.38. The third kappa shape index (κ3) is 3.55. The summed E-state index contributed by atoms with van der Waals surface area (Å²) in [6.45, 7) is 2.34. The zero-order valence-electron chi connectivity index (χ0n) is 10.9. The van der Waals surface area contributed by atoms with E-state index in [1.165, 1.54) is 12.7 Å². The molecule has 1 aliphatic rings. The third-order valence-corrected chi connectivity index (χ3v) is 3.87. The lowest BCUT2D eigenvalue weighted by molar-refractivity contribution is -0.182. The van der Waals surface area contributed by atoms with Gasteiger partial charge in [-0.25, -0.2) is 0 Å². The molecule has 1 N–H and O–H groups in total. The van der Waals surface area contributed by atoms with Crippen LogP contribution in [0.3, 0.4) is 0 Å². The molecule has 5 heteroatoms. The number of nitrogens with one attached hydrogen (secondary N) is 1. The summed E-state index contributed by atoms with van der Waals surface area (Å²) in [6.07, 6.45) is 0.936. The molecule has 19 heavy (non-hydrogen) atoms. The van der Waals surface area contributed by atoms with Crippen molar-refractivity contribution in [2.24, 2.45) is 5.41 Å². The van der Waals surface area contributed by atoms with Crippen LogP contribution in [0.5, 0.6) is 0 Å². The van der Waals surface area contributed by atoms with Crippen LogP contribution in [0.15, 0.2) is 28.7 Å². The number of rotatable bonds is 6. The Morgan fingerprint density at radius 3 is 2.63 bits per heavy atom. The number of ether oxygens (including phenoxy) is 2. The van der Waals surface area contributed by atoms with Crippen molar-refractivity contribution in [2.75, 3.05) is 33.4 Å². The molecule has 1 saturated heterocycles. The Morgan fingerprint density at radius 1 is 1.42 bits per heavy atom. The highest BCUT2D eigenvalue weighted by molar-refractivity contribution is 9.10. The summed E-state index contributed by atoms with van der Waals surface area (Å²) in [6, 6.07) is 8.25. The summed E-state index contributed by atoms with van der Waals surface area (Å²) in [7, 11) is 1.42. The fourth-order valence-corrected chi connectivity index (χ4v) is 2.33. The van der Waals surface area contributed by atoms with Crippen LogP contribution < -0.4 is 5.32 Å². The largest absolute Gasteiger partial charge is 0.468 e. The monoisotopic (exact) mass is 327 g/mol. The van der Waals surface area contributed by atoms with Gasteiger partial charge < -0.3 is 14.8 Å². The first-order valence-corrected chi connectivity index (χ1v) is 7.07. The van der Waals surface area contributed by atoms with Crippen molar-refractivity contribution in [3.05, 3.63) is 34.3 Å². The second kappa shape index (κ2) is 6.50. The van der Waals surface area contributed by atoms with Gasteiger partial charge in [0, 0.05) is 11.0 Å². The molecule has 1 fully saturated rings. The Hall–Kier alpha value is -0.910. The first kappa shape index (κ1) is 14.5. The van der Waals surface area contributed by atoms with E-state index in [2.05, 4.69) is 33.4 Å². The molecule has 0 radical (unpaired) electrons. The number of halogens is 1. The van der Waals surface area contributed by atoms with Gasteiger partial charge in [-0.05, 0) is 30.7 Å². The molecule has 0 saturated carbocycles. The predicted octanol–water partition coefficient (Wildman–Crippen LogP) is 1.77. The van der Waals surface area contributed by atoms with Crippen molar-refractivity contribution in [1.29, 1.82) is 0 Å². The van der Waals surface area contributed by atoms with Crippen LogP contribution in [0.1, 0.15) is 5.56 Å². The number of esters is 1. The van der Waals surface area contributed by atoms with E-state index in [4.69, 9.17) is 9.47 Å². The van der Waals surface area contributed by atoms with E-state index in [1.54, 1.807) is 0 Å². The highest BCUT2D eigenvalue weighted by atomic mass is 79.9. The second-order valence-corrected chi connectivity index (χ2v) is 5.73. The lowest BCUT2D eigenvalue weighted by Crippen LogP contribution is -2.55. The van der Waals surface area contributed by atoms with Gasteiger partial charge in [-0.2, -0.15) is 0 Å². The first-order chi connectivity index (χ1) is 9.16. The topological polar surface area (TPSA) is 47.6 Å². The Labute approximate surface area is 121 Å². The molecule has 104 valence electrons. The Bertz CT molecular complexity index is 429. The van der Waals surface area contributed by atoms with E-state index in [-0.39, 0.29) is 5.97 Å². The zero-order chi connectivity index (χ0) is 13.7. The second-order valence-electron chi connectivity index (χ2n) is 4.82. The van der Waals surface area contributed by atoms with Crippen molar-refractivity contribution in [3.8, 4) is 0 Å². The van der Waals surface area contributed by atoms with Crippen molar-refractivity contribution in [2.45, 2.75) is 6.42 Å². The normalized spacial score (nSPS) is 16.7. The molecule has 1 heterocycles. The van der Waals surface area contributed by atoms with Crippen LogP contribution in [-0.2, 0) is 20.7 Å². The van der Waals surface area contributed by atoms with Gasteiger partial charge in [-0.1, -0.05) is 28.1 Å². The lowest BCUT2D eigenvalue weighted by atomic mass is 9.86. The molecule has 2 rings (SSSR count). The predicted molar refractivity (Wildman–Crippen MR) is 76.0 cm³/mol. The smallest absolute Gasteiger partial charge is 0.317 e. The van der Waals surface area contributed by atoms with Crippen LogP contribution in [-0.4, -0.2) is 39.4 Å². The maximum absolute atomic E-state index is 11.7. The van der Waals surface area contributed by atoms with Gasteiger partial charge in [0.1, 0.15) is 5.41 Å². The van der Waals surface area contributed by atoms with Gasteiger partial charge in [0.2, 0.25) is 0 Å². The van der Waals surface area contributed by atoms with Crippen molar-refractivity contribution >= 4 is 21.9 Å². The number of benzene rings is 1. The molecule has 1 aromatic carbocycles. The standard InChI is InChI=1S/C14H18BrNO3/c1-18-13(17)14(9-19-10-14)8-16-7-6-11-2-4-12(15)5-3-11/h2-5,16H,6-10H2,1H3. The van der Waals surface area contributed by atoms with Crippen LogP contribution in [0.4, 0.5) is 0 Å². The highest BCUT2D eigenvalue weighted by Gasteiger charge is 2.46. The molecule has 0 bridgehead atoms. The zero-order valence-corrected chi connectivity index (χ0v) is 12.5. The van der Waals surface area contributed by atoms with E-state index in [0.29, 0.717) is 19.8 Å². The average Bonchev–Trinajstić information content (AvgIpc) is 2.38. The van der Waals surface area contributed by atoms with Crippen LogP contribution in [0.2, 0.25) is 0 Å². The summed E-state index contributed by atoms with van der Waals surface area (Å²) in [5, 5.41) is 3.31. The van der Waals surface area contributed by atoms with E-state index in [9.17, 15) is 4.79 Å². The van der Waals surface area contributed by atoms with Gasteiger partial charge in [-0.3, -0.25) is 4.79 Å². The van der Waals surface area contributed by atoms with Crippen molar-refractivity contribution in [3.63, 3.8) is 0 Å². The minimum absolute atomic E-state index is 0.185. The summed E-state index contributed by atoms with van der Waals surface area (Å²) in [5.74, 6) is -0.185. The minimum atomic E-state index is -0.478. The molecule has 0 unspecified atom stereocenters. The molecule has 1 aromatic rings. The molecular weight excluding hydrogens is 310 g/mol. The van der Waals surface area contributed by atoms with Gasteiger partial charge in [0.05, 0.1) is 20.3 Å². The fourth-order valence-electron chi connectivity index (χ4n) is 2.07. The van der Waals surface area contributed by atoms with Crippen molar-refractivity contribution < 1.29 is 14.3 Å². The van der Waals surface area contributed by atoms with E-state index >= 15 is 0 Å². The Balaban J connectivity index is 1.74. The number of hydrogen-bond acceptors (Lipinski definition) is 4. The minimum Gasteiger partial charge on any atom is -0.468 e. The van der Waals surface area contributed by atoms with Gasteiger partial charge in [0.15, 0.2) is 0 Å². The Kier molecular flexibility index (Phi) is 4.96. The van der Waals surface area contributed by atoms with Crippen LogP contribution >= 0.6 is 15.9 Å². The van der Waals surface area contributed by atoms with Crippen LogP contribution in [0.25, 0.3) is 0 Å². The number of hydrogen-bond donors (Lipinski definition) is 1. The maximum atomic E-state index is 11.7. The SMILES string of the molecule is COC(=O)C1(CNCCc2ccc(Br)cc2)COC1. The third-order valence-electron chi connectivity index (χ3n) is 3.34.